The third kappa shape index (κ3) is 4.03. The van der Waals surface area contributed by atoms with Crippen molar-refractivity contribution in [2.45, 2.75) is 58.6 Å². The average molecular weight is 341 g/mol. The number of carbonyl (C=O) groups excluding carboxylic acids is 1. The summed E-state index contributed by atoms with van der Waals surface area (Å²) in [7, 11) is 0. The van der Waals surface area contributed by atoms with Gasteiger partial charge in [0.05, 0.1) is 0 Å². The molecule has 0 aliphatic heterocycles. The lowest BCUT2D eigenvalue weighted by molar-refractivity contribution is -0.134. The van der Waals surface area contributed by atoms with Gasteiger partial charge in [0, 0.05) is 31.9 Å². The number of imidazole rings is 1. The summed E-state index contributed by atoms with van der Waals surface area (Å²) < 4.78 is 8.05. The minimum Gasteiger partial charge on any atom is -0.478 e. The van der Waals surface area contributed by atoms with Crippen molar-refractivity contribution in [1.82, 2.24) is 14.9 Å². The number of hydrogen-bond acceptors (Lipinski definition) is 3. The van der Waals surface area contributed by atoms with Crippen molar-refractivity contribution in [2.24, 2.45) is 0 Å². The molecule has 1 aromatic carbocycles. The minimum absolute atomic E-state index is 0.105. The molecule has 0 unspecified atom stereocenters. The van der Waals surface area contributed by atoms with Crippen molar-refractivity contribution in [3.05, 3.63) is 47.5 Å². The fraction of sp³-hybridized carbons (Fsp3) is 0.500. The van der Waals surface area contributed by atoms with Crippen LogP contribution in [0.1, 0.15) is 44.1 Å². The zero-order valence-corrected chi connectivity index (χ0v) is 15.3. The van der Waals surface area contributed by atoms with Gasteiger partial charge in [0.15, 0.2) is 5.60 Å². The lowest BCUT2D eigenvalue weighted by Gasteiger charge is -2.25. The van der Waals surface area contributed by atoms with E-state index >= 15 is 0 Å². The van der Waals surface area contributed by atoms with Crippen LogP contribution in [0.2, 0.25) is 0 Å². The molecule has 1 aliphatic rings. The molecule has 0 fully saturated rings. The van der Waals surface area contributed by atoms with E-state index in [1.807, 2.05) is 26.1 Å². The molecule has 5 heteroatoms. The quantitative estimate of drug-likeness (QED) is 0.842. The van der Waals surface area contributed by atoms with Crippen LogP contribution >= 0.6 is 0 Å². The fourth-order valence-electron chi connectivity index (χ4n) is 3.31. The van der Waals surface area contributed by atoms with Crippen LogP contribution < -0.4 is 10.1 Å². The van der Waals surface area contributed by atoms with Crippen LogP contribution in [0.5, 0.6) is 5.75 Å². The molecule has 2 aromatic rings. The number of ether oxygens (including phenoxy) is 1. The molecular weight excluding hydrogens is 314 g/mol. The molecule has 0 spiro atoms. The van der Waals surface area contributed by atoms with Crippen molar-refractivity contribution < 1.29 is 9.53 Å². The molecule has 0 bridgehead atoms. The normalized spacial score (nSPS) is 13.6. The summed E-state index contributed by atoms with van der Waals surface area (Å²) >= 11 is 0. The van der Waals surface area contributed by atoms with Gasteiger partial charge in [-0.1, -0.05) is 13.0 Å². The maximum Gasteiger partial charge on any atom is 0.263 e. The van der Waals surface area contributed by atoms with Gasteiger partial charge in [-0.15, -0.1) is 0 Å². The van der Waals surface area contributed by atoms with E-state index in [0.717, 1.165) is 30.8 Å². The van der Waals surface area contributed by atoms with Crippen LogP contribution in [-0.2, 0) is 30.6 Å². The molecule has 1 aromatic heterocycles. The van der Waals surface area contributed by atoms with Crippen LogP contribution in [-0.4, -0.2) is 27.6 Å². The topological polar surface area (TPSA) is 56.2 Å². The SMILES string of the molecule is CCc1nccn1CCNC(=O)C(C)(C)Oc1ccc2c(c1)CCC2. The van der Waals surface area contributed by atoms with E-state index in [1.54, 1.807) is 6.20 Å². The average Bonchev–Trinajstić information content (AvgIpc) is 3.22. The second-order valence-electron chi connectivity index (χ2n) is 7.04. The Bertz CT molecular complexity index is 749. The smallest absolute Gasteiger partial charge is 0.263 e. The fourth-order valence-corrected chi connectivity index (χ4v) is 3.31. The second kappa shape index (κ2) is 7.30. The Labute approximate surface area is 149 Å². The lowest BCUT2D eigenvalue weighted by Crippen LogP contribution is -2.47. The number of rotatable bonds is 7. The number of aromatic nitrogens is 2. The first-order chi connectivity index (χ1) is 12.0. The number of aryl methyl sites for hydroxylation is 3. The van der Waals surface area contributed by atoms with Gasteiger partial charge in [0.2, 0.25) is 0 Å². The summed E-state index contributed by atoms with van der Waals surface area (Å²) in [6.07, 6.45) is 8.07. The molecule has 1 amide bonds. The number of hydrogen-bond donors (Lipinski definition) is 1. The molecular formula is C20H27N3O2. The van der Waals surface area contributed by atoms with Gasteiger partial charge >= 0.3 is 0 Å². The van der Waals surface area contributed by atoms with Crippen molar-refractivity contribution >= 4 is 5.91 Å². The molecule has 0 atom stereocenters. The van der Waals surface area contributed by atoms with Crippen LogP contribution in [0.25, 0.3) is 0 Å². The Morgan fingerprint density at radius 1 is 1.32 bits per heavy atom. The summed E-state index contributed by atoms with van der Waals surface area (Å²) in [5, 5.41) is 2.97. The maximum absolute atomic E-state index is 12.5. The van der Waals surface area contributed by atoms with Gasteiger partial charge in [-0.2, -0.15) is 0 Å². The molecule has 0 radical (unpaired) electrons. The van der Waals surface area contributed by atoms with Gasteiger partial charge in [-0.25, -0.2) is 4.98 Å². The van der Waals surface area contributed by atoms with Crippen LogP contribution in [0.3, 0.4) is 0 Å². The van der Waals surface area contributed by atoms with Gasteiger partial charge in [-0.05, 0) is 56.4 Å². The van der Waals surface area contributed by atoms with Gasteiger partial charge in [0.1, 0.15) is 11.6 Å². The number of nitrogens with one attached hydrogen (secondary N) is 1. The van der Waals surface area contributed by atoms with Crippen molar-refractivity contribution in [3.63, 3.8) is 0 Å². The molecule has 0 saturated heterocycles. The van der Waals surface area contributed by atoms with Crippen molar-refractivity contribution in [3.8, 4) is 5.75 Å². The van der Waals surface area contributed by atoms with Gasteiger partial charge < -0.3 is 14.6 Å². The van der Waals surface area contributed by atoms with E-state index in [0.29, 0.717) is 13.1 Å². The summed E-state index contributed by atoms with van der Waals surface area (Å²) in [4.78, 5) is 16.8. The van der Waals surface area contributed by atoms with E-state index < -0.39 is 5.60 Å². The molecule has 5 nitrogen and oxygen atoms in total. The summed E-state index contributed by atoms with van der Waals surface area (Å²) in [5.41, 5.74) is 1.85. The standard InChI is InChI=1S/C20H27N3O2/c1-4-18-21-10-12-23(18)13-11-22-19(24)20(2,3)25-17-9-8-15-6-5-7-16(15)14-17/h8-10,12,14H,4-7,11,13H2,1-3H3,(H,22,24). The van der Waals surface area contributed by atoms with Crippen LogP contribution in [0.4, 0.5) is 0 Å². The third-order valence-corrected chi connectivity index (χ3v) is 4.75. The Morgan fingerprint density at radius 3 is 2.92 bits per heavy atom. The van der Waals surface area contributed by atoms with Crippen molar-refractivity contribution in [2.75, 3.05) is 6.54 Å². The zero-order valence-electron chi connectivity index (χ0n) is 15.3. The molecule has 0 saturated carbocycles. The van der Waals surface area contributed by atoms with E-state index in [-0.39, 0.29) is 5.91 Å². The number of nitrogens with zero attached hydrogens (tertiary/aromatic N) is 2. The second-order valence-corrected chi connectivity index (χ2v) is 7.04. The summed E-state index contributed by atoms with van der Waals surface area (Å²) in [6.45, 7) is 6.96. The first-order valence-electron chi connectivity index (χ1n) is 9.08. The summed E-state index contributed by atoms with van der Waals surface area (Å²) in [6, 6.07) is 6.17. The number of fused-ring (bicyclic) bond motifs is 1. The van der Waals surface area contributed by atoms with Gasteiger partial charge in [0.25, 0.3) is 5.91 Å². The third-order valence-electron chi connectivity index (χ3n) is 4.75. The molecule has 1 heterocycles. The van der Waals surface area contributed by atoms with E-state index in [4.69, 9.17) is 4.74 Å². The molecule has 1 N–H and O–H groups in total. The Hall–Kier alpha value is -2.30. The number of benzene rings is 1. The molecule has 3 rings (SSSR count). The van der Waals surface area contributed by atoms with Crippen LogP contribution in [0, 0.1) is 0 Å². The predicted molar refractivity (Wildman–Crippen MR) is 97.8 cm³/mol. The zero-order chi connectivity index (χ0) is 17.9. The number of amides is 1. The summed E-state index contributed by atoms with van der Waals surface area (Å²) in [5.74, 6) is 1.69. The maximum atomic E-state index is 12.5. The van der Waals surface area contributed by atoms with Gasteiger partial charge in [-0.3, -0.25) is 4.79 Å². The highest BCUT2D eigenvalue weighted by molar-refractivity contribution is 5.84. The van der Waals surface area contributed by atoms with E-state index in [2.05, 4.69) is 33.9 Å². The predicted octanol–water partition coefficient (Wildman–Crippen LogP) is 2.91. The Morgan fingerprint density at radius 2 is 2.12 bits per heavy atom. The number of carbonyl (C=O) groups is 1. The molecule has 25 heavy (non-hydrogen) atoms. The Balaban J connectivity index is 1.55. The largest absolute Gasteiger partial charge is 0.478 e. The first-order valence-corrected chi connectivity index (χ1v) is 9.08. The first kappa shape index (κ1) is 17.5. The molecule has 134 valence electrons. The van der Waals surface area contributed by atoms with Crippen molar-refractivity contribution in [1.29, 1.82) is 0 Å². The lowest BCUT2D eigenvalue weighted by atomic mass is 10.1. The highest BCUT2D eigenvalue weighted by Crippen LogP contribution is 2.28. The van der Waals surface area contributed by atoms with E-state index in [9.17, 15) is 4.79 Å². The monoisotopic (exact) mass is 341 g/mol. The van der Waals surface area contributed by atoms with Crippen LogP contribution in [0.15, 0.2) is 30.6 Å². The van der Waals surface area contributed by atoms with E-state index in [1.165, 1.54) is 17.5 Å². The highest BCUT2D eigenvalue weighted by atomic mass is 16.5. The minimum atomic E-state index is -0.907. The Kier molecular flexibility index (Phi) is 5.11. The molecule has 1 aliphatic carbocycles. The highest BCUT2D eigenvalue weighted by Gasteiger charge is 2.30.